The summed E-state index contributed by atoms with van der Waals surface area (Å²) in [6, 6.07) is 4.35. The Morgan fingerprint density at radius 2 is 1.75 bits per heavy atom. The van der Waals surface area contributed by atoms with Crippen LogP contribution in [0.1, 0.15) is 35.6 Å². The van der Waals surface area contributed by atoms with Crippen LogP contribution in [0.5, 0.6) is 0 Å². The van der Waals surface area contributed by atoms with Gasteiger partial charge < -0.3 is 0 Å². The Hall–Kier alpha value is -1.11. The number of carbonyl (C=O) groups excluding carboxylic acids is 1. The van der Waals surface area contributed by atoms with Gasteiger partial charge in [0.05, 0.1) is 0 Å². The van der Waals surface area contributed by atoms with Crippen LogP contribution in [0.15, 0.2) is 12.1 Å². The summed E-state index contributed by atoms with van der Waals surface area (Å²) in [5.41, 5.74) is 5.05. The summed E-state index contributed by atoms with van der Waals surface area (Å²) in [5, 5.41) is 0. The smallest absolute Gasteiger partial charge is 0.140 e. The van der Waals surface area contributed by atoms with Crippen LogP contribution < -0.4 is 0 Å². The Labute approximate surface area is 97.9 Å². The summed E-state index contributed by atoms with van der Waals surface area (Å²) in [4.78, 5) is 12.0. The van der Waals surface area contributed by atoms with Crippen LogP contribution in [0.25, 0.3) is 0 Å². The molecule has 1 fully saturated rings. The molecule has 0 N–H and O–H groups in total. The van der Waals surface area contributed by atoms with Gasteiger partial charge in [-0.05, 0) is 49.8 Å². The molecule has 0 saturated heterocycles. The Balaban J connectivity index is 2.18. The molecule has 2 rings (SSSR count). The molecule has 0 bridgehead atoms. The summed E-state index contributed by atoms with van der Waals surface area (Å²) >= 11 is 0. The molecule has 16 heavy (non-hydrogen) atoms. The molecule has 0 aromatic heterocycles. The van der Waals surface area contributed by atoms with Gasteiger partial charge in [0, 0.05) is 12.3 Å². The van der Waals surface area contributed by atoms with Crippen molar-refractivity contribution in [2.24, 2.45) is 11.8 Å². The number of rotatable bonds is 3. The summed E-state index contributed by atoms with van der Waals surface area (Å²) in [6.45, 7) is 8.49. The van der Waals surface area contributed by atoms with E-state index in [0.29, 0.717) is 24.0 Å². The number of ketones is 1. The lowest BCUT2D eigenvalue weighted by atomic mass is 9.94. The van der Waals surface area contributed by atoms with E-state index in [2.05, 4.69) is 39.8 Å². The SMILES string of the molecule is Cc1cc(C)c(CC(=O)C2CC2C)c(C)c1. The monoisotopic (exact) mass is 216 g/mol. The number of carbonyl (C=O) groups is 1. The van der Waals surface area contributed by atoms with E-state index in [1.54, 1.807) is 0 Å². The van der Waals surface area contributed by atoms with Crippen molar-refractivity contribution in [3.8, 4) is 0 Å². The fourth-order valence-electron chi connectivity index (χ4n) is 2.56. The number of hydrogen-bond acceptors (Lipinski definition) is 1. The van der Waals surface area contributed by atoms with Gasteiger partial charge in [0.2, 0.25) is 0 Å². The average molecular weight is 216 g/mol. The molecule has 1 aromatic carbocycles. The largest absolute Gasteiger partial charge is 0.299 e. The van der Waals surface area contributed by atoms with Crippen LogP contribution in [0.2, 0.25) is 0 Å². The highest BCUT2D eigenvalue weighted by atomic mass is 16.1. The maximum Gasteiger partial charge on any atom is 0.140 e. The average Bonchev–Trinajstić information content (AvgIpc) is 2.88. The normalized spacial score (nSPS) is 23.2. The number of hydrogen-bond donors (Lipinski definition) is 0. The first-order valence-electron chi connectivity index (χ1n) is 6.08. The van der Waals surface area contributed by atoms with Gasteiger partial charge >= 0.3 is 0 Å². The topological polar surface area (TPSA) is 17.1 Å². The third kappa shape index (κ3) is 2.18. The first kappa shape index (κ1) is 11.4. The molecule has 2 unspecified atom stereocenters. The number of aryl methyl sites for hydroxylation is 3. The molecule has 86 valence electrons. The molecule has 0 radical (unpaired) electrons. The van der Waals surface area contributed by atoms with Gasteiger partial charge in [0.1, 0.15) is 5.78 Å². The quantitative estimate of drug-likeness (QED) is 0.757. The van der Waals surface area contributed by atoms with Gasteiger partial charge in [0.25, 0.3) is 0 Å². The van der Waals surface area contributed by atoms with Crippen molar-refractivity contribution in [1.82, 2.24) is 0 Å². The van der Waals surface area contributed by atoms with Gasteiger partial charge in [-0.25, -0.2) is 0 Å². The molecule has 0 spiro atoms. The molecule has 1 heteroatoms. The van der Waals surface area contributed by atoms with Crippen LogP contribution >= 0.6 is 0 Å². The summed E-state index contributed by atoms with van der Waals surface area (Å²) < 4.78 is 0. The van der Waals surface area contributed by atoms with Crippen LogP contribution in [0, 0.1) is 32.6 Å². The van der Waals surface area contributed by atoms with E-state index in [0.717, 1.165) is 6.42 Å². The van der Waals surface area contributed by atoms with Crippen LogP contribution in [-0.2, 0) is 11.2 Å². The lowest BCUT2D eigenvalue weighted by molar-refractivity contribution is -0.119. The van der Waals surface area contributed by atoms with E-state index in [9.17, 15) is 4.79 Å². The van der Waals surface area contributed by atoms with Gasteiger partial charge in [0.15, 0.2) is 0 Å². The van der Waals surface area contributed by atoms with E-state index >= 15 is 0 Å². The van der Waals surface area contributed by atoms with E-state index in [1.807, 2.05) is 0 Å². The molecular formula is C15H20O. The van der Waals surface area contributed by atoms with Crippen LogP contribution in [-0.4, -0.2) is 5.78 Å². The van der Waals surface area contributed by atoms with Gasteiger partial charge in [-0.1, -0.05) is 24.6 Å². The highest BCUT2D eigenvalue weighted by Gasteiger charge is 2.38. The molecule has 1 saturated carbocycles. The van der Waals surface area contributed by atoms with Crippen molar-refractivity contribution in [2.75, 3.05) is 0 Å². The summed E-state index contributed by atoms with van der Waals surface area (Å²) in [6.07, 6.45) is 1.73. The minimum absolute atomic E-state index is 0.347. The first-order chi connectivity index (χ1) is 7.49. The Bertz CT molecular complexity index is 408. The highest BCUT2D eigenvalue weighted by Crippen LogP contribution is 2.39. The standard InChI is InChI=1S/C15H20O/c1-9-5-10(2)13(11(3)6-9)8-15(16)14-7-12(14)4/h5-6,12,14H,7-8H2,1-4H3. The maximum atomic E-state index is 12.0. The second-order valence-corrected chi connectivity index (χ2v) is 5.34. The number of benzene rings is 1. The predicted molar refractivity (Wildman–Crippen MR) is 66.6 cm³/mol. The molecule has 1 aliphatic carbocycles. The molecular weight excluding hydrogens is 196 g/mol. The summed E-state index contributed by atoms with van der Waals surface area (Å²) in [5.74, 6) is 1.40. The Morgan fingerprint density at radius 1 is 1.25 bits per heavy atom. The van der Waals surface area contributed by atoms with Crippen molar-refractivity contribution in [3.05, 3.63) is 34.4 Å². The van der Waals surface area contributed by atoms with E-state index < -0.39 is 0 Å². The van der Waals surface area contributed by atoms with Crippen molar-refractivity contribution in [2.45, 2.75) is 40.5 Å². The zero-order valence-electron chi connectivity index (χ0n) is 10.6. The zero-order valence-corrected chi connectivity index (χ0v) is 10.6. The molecule has 1 aromatic rings. The molecule has 0 amide bonds. The second-order valence-electron chi connectivity index (χ2n) is 5.34. The minimum Gasteiger partial charge on any atom is -0.299 e. The van der Waals surface area contributed by atoms with Crippen LogP contribution in [0.3, 0.4) is 0 Å². The highest BCUT2D eigenvalue weighted by molar-refractivity contribution is 5.86. The van der Waals surface area contributed by atoms with Crippen molar-refractivity contribution in [1.29, 1.82) is 0 Å². The fraction of sp³-hybridized carbons (Fsp3) is 0.533. The minimum atomic E-state index is 0.347. The fourth-order valence-corrected chi connectivity index (χ4v) is 2.56. The molecule has 2 atom stereocenters. The lowest BCUT2D eigenvalue weighted by Crippen LogP contribution is -2.09. The molecule has 0 heterocycles. The third-order valence-corrected chi connectivity index (χ3v) is 3.71. The van der Waals surface area contributed by atoms with Crippen molar-refractivity contribution in [3.63, 3.8) is 0 Å². The molecule has 1 aliphatic rings. The van der Waals surface area contributed by atoms with Crippen molar-refractivity contribution < 1.29 is 4.79 Å². The van der Waals surface area contributed by atoms with Gasteiger partial charge in [-0.2, -0.15) is 0 Å². The van der Waals surface area contributed by atoms with Crippen molar-refractivity contribution >= 4 is 5.78 Å². The second kappa shape index (κ2) is 4.04. The lowest BCUT2D eigenvalue weighted by Gasteiger charge is -2.10. The summed E-state index contributed by atoms with van der Waals surface area (Å²) in [7, 11) is 0. The molecule has 1 nitrogen and oxygen atoms in total. The zero-order chi connectivity index (χ0) is 11.9. The Morgan fingerprint density at radius 3 is 2.19 bits per heavy atom. The van der Waals surface area contributed by atoms with E-state index in [1.165, 1.54) is 22.3 Å². The maximum absolute atomic E-state index is 12.0. The third-order valence-electron chi connectivity index (χ3n) is 3.71. The van der Waals surface area contributed by atoms with Gasteiger partial charge in [-0.15, -0.1) is 0 Å². The first-order valence-corrected chi connectivity index (χ1v) is 6.08. The van der Waals surface area contributed by atoms with Crippen LogP contribution in [0.4, 0.5) is 0 Å². The van der Waals surface area contributed by atoms with Gasteiger partial charge in [-0.3, -0.25) is 4.79 Å². The van der Waals surface area contributed by atoms with E-state index in [-0.39, 0.29) is 0 Å². The Kier molecular flexibility index (Phi) is 2.88. The van der Waals surface area contributed by atoms with E-state index in [4.69, 9.17) is 0 Å². The number of Topliss-reactive ketones (excluding diaryl/α,β-unsaturated/α-hetero) is 1. The molecule has 0 aliphatic heterocycles. The predicted octanol–water partition coefficient (Wildman–Crippen LogP) is 3.38.